The van der Waals surface area contributed by atoms with Gasteiger partial charge in [0.1, 0.15) is 13.2 Å². The summed E-state index contributed by atoms with van der Waals surface area (Å²) in [6.45, 7) is 1.78. The van der Waals surface area contributed by atoms with E-state index in [0.717, 1.165) is 28.6 Å². The van der Waals surface area contributed by atoms with Crippen LogP contribution in [0.5, 0.6) is 11.5 Å². The maximum absolute atomic E-state index is 12.8. The molecule has 1 unspecified atom stereocenters. The highest BCUT2D eigenvalue weighted by atomic mass is 79.9. The number of nitrogens with zero attached hydrogens (tertiary/aromatic N) is 1. The number of nitrogens with one attached hydrogen (secondary N) is 1. The van der Waals surface area contributed by atoms with Crippen LogP contribution < -0.4 is 14.2 Å². The molecule has 0 saturated carbocycles. The Balaban J connectivity index is 1.37. The van der Waals surface area contributed by atoms with Gasteiger partial charge in [0.05, 0.1) is 10.9 Å². The Kier molecular flexibility index (Phi) is 6.31. The Morgan fingerprint density at radius 3 is 2.60 bits per heavy atom. The molecule has 4 rings (SSSR count). The van der Waals surface area contributed by atoms with E-state index in [1.165, 1.54) is 12.1 Å². The first-order valence-electron chi connectivity index (χ1n) is 9.88. The van der Waals surface area contributed by atoms with Crippen LogP contribution in [0.3, 0.4) is 0 Å². The van der Waals surface area contributed by atoms with Crippen LogP contribution in [-0.2, 0) is 14.8 Å². The summed E-state index contributed by atoms with van der Waals surface area (Å²) in [7, 11) is -3.64. The van der Waals surface area contributed by atoms with Crippen LogP contribution in [0, 0.1) is 0 Å². The molecule has 1 saturated heterocycles. The molecular weight excluding hydrogens is 472 g/mol. The van der Waals surface area contributed by atoms with Gasteiger partial charge in [-0.25, -0.2) is 13.1 Å². The summed E-state index contributed by atoms with van der Waals surface area (Å²) >= 11 is 3.29. The van der Waals surface area contributed by atoms with Crippen molar-refractivity contribution in [1.82, 2.24) is 9.62 Å². The molecule has 1 N–H and O–H groups in total. The summed E-state index contributed by atoms with van der Waals surface area (Å²) < 4.78 is 39.3. The number of fused-ring (bicyclic) bond motifs is 1. The van der Waals surface area contributed by atoms with Gasteiger partial charge in [-0.2, -0.15) is 0 Å². The average Bonchev–Trinajstić information content (AvgIpc) is 3.23. The third kappa shape index (κ3) is 4.63. The predicted molar refractivity (Wildman–Crippen MR) is 115 cm³/mol. The molecule has 2 heterocycles. The standard InChI is InChI=1S/C21H23BrN2O5S/c22-16-4-6-17(7-5-16)30(26,27)23-10-9-21(25)24-11-1-2-18(24)15-3-8-19-20(14-15)29-13-12-28-19/h3-8,14,18,23H,1-2,9-13H2. The second-order valence-electron chi connectivity index (χ2n) is 7.25. The molecular formula is C21H23BrN2O5S. The minimum absolute atomic E-state index is 0.0311. The number of amides is 1. The Labute approximate surface area is 184 Å². The highest BCUT2D eigenvalue weighted by Crippen LogP contribution is 2.38. The van der Waals surface area contributed by atoms with Crippen LogP contribution in [-0.4, -0.2) is 45.5 Å². The molecule has 2 aliphatic rings. The van der Waals surface area contributed by atoms with Crippen LogP contribution >= 0.6 is 15.9 Å². The van der Waals surface area contributed by atoms with Gasteiger partial charge in [0.25, 0.3) is 0 Å². The first-order chi connectivity index (χ1) is 14.4. The first-order valence-corrected chi connectivity index (χ1v) is 12.2. The number of hydrogen-bond acceptors (Lipinski definition) is 5. The Bertz CT molecular complexity index is 1030. The molecule has 0 radical (unpaired) electrons. The molecule has 1 fully saturated rings. The van der Waals surface area contributed by atoms with Gasteiger partial charge in [-0.15, -0.1) is 0 Å². The summed E-state index contributed by atoms with van der Waals surface area (Å²) in [5, 5.41) is 0. The zero-order valence-corrected chi connectivity index (χ0v) is 18.7. The van der Waals surface area contributed by atoms with Gasteiger partial charge in [-0.05, 0) is 54.8 Å². The lowest BCUT2D eigenvalue weighted by molar-refractivity contribution is -0.131. The van der Waals surface area contributed by atoms with Crippen LogP contribution in [0.4, 0.5) is 0 Å². The lowest BCUT2D eigenvalue weighted by atomic mass is 10.0. The van der Waals surface area contributed by atoms with Crippen molar-refractivity contribution in [3.8, 4) is 11.5 Å². The van der Waals surface area contributed by atoms with Crippen molar-refractivity contribution in [2.24, 2.45) is 0 Å². The fraction of sp³-hybridized carbons (Fsp3) is 0.381. The van der Waals surface area contributed by atoms with Gasteiger partial charge in [0.15, 0.2) is 11.5 Å². The average molecular weight is 495 g/mol. The van der Waals surface area contributed by atoms with Crippen molar-refractivity contribution >= 4 is 31.9 Å². The molecule has 2 aromatic rings. The zero-order chi connectivity index (χ0) is 21.1. The topological polar surface area (TPSA) is 84.9 Å². The molecule has 2 aliphatic heterocycles. The molecule has 160 valence electrons. The summed E-state index contributed by atoms with van der Waals surface area (Å²) in [6, 6.07) is 12.2. The summed E-state index contributed by atoms with van der Waals surface area (Å²) in [4.78, 5) is 14.8. The Hall–Kier alpha value is -2.10. The third-order valence-electron chi connectivity index (χ3n) is 5.28. The molecule has 7 nitrogen and oxygen atoms in total. The first kappa shape index (κ1) is 21.1. The van der Waals surface area contributed by atoms with E-state index in [1.807, 2.05) is 23.1 Å². The molecule has 1 atom stereocenters. The van der Waals surface area contributed by atoms with Gasteiger partial charge in [-0.3, -0.25) is 4.79 Å². The molecule has 1 amide bonds. The molecule has 2 aromatic carbocycles. The van der Waals surface area contributed by atoms with Crippen molar-refractivity contribution in [2.75, 3.05) is 26.3 Å². The number of hydrogen-bond donors (Lipinski definition) is 1. The van der Waals surface area contributed by atoms with Crippen molar-refractivity contribution in [3.05, 3.63) is 52.5 Å². The Morgan fingerprint density at radius 2 is 1.83 bits per heavy atom. The minimum Gasteiger partial charge on any atom is -0.486 e. The highest BCUT2D eigenvalue weighted by molar-refractivity contribution is 9.10. The fourth-order valence-corrected chi connectivity index (χ4v) is 5.11. The Morgan fingerprint density at radius 1 is 1.10 bits per heavy atom. The number of benzene rings is 2. The number of carbonyl (C=O) groups excluding carboxylic acids is 1. The van der Waals surface area contributed by atoms with E-state index < -0.39 is 10.0 Å². The maximum atomic E-state index is 12.8. The van der Waals surface area contributed by atoms with E-state index >= 15 is 0 Å². The van der Waals surface area contributed by atoms with Crippen LogP contribution in [0.15, 0.2) is 51.8 Å². The molecule has 0 spiro atoms. The second kappa shape index (κ2) is 8.95. The smallest absolute Gasteiger partial charge is 0.240 e. The number of rotatable bonds is 6. The second-order valence-corrected chi connectivity index (χ2v) is 9.93. The van der Waals surface area contributed by atoms with Crippen molar-refractivity contribution in [3.63, 3.8) is 0 Å². The van der Waals surface area contributed by atoms with Gasteiger partial charge in [0.2, 0.25) is 15.9 Å². The molecule has 9 heteroatoms. The van der Waals surface area contributed by atoms with Crippen LogP contribution in [0.2, 0.25) is 0 Å². The molecule has 30 heavy (non-hydrogen) atoms. The van der Waals surface area contributed by atoms with Gasteiger partial charge in [-0.1, -0.05) is 22.0 Å². The van der Waals surface area contributed by atoms with Crippen molar-refractivity contribution in [2.45, 2.75) is 30.2 Å². The van der Waals surface area contributed by atoms with Gasteiger partial charge in [0, 0.05) is 24.0 Å². The summed E-state index contributed by atoms with van der Waals surface area (Å²) in [6.07, 6.45) is 1.89. The maximum Gasteiger partial charge on any atom is 0.240 e. The molecule has 0 aromatic heterocycles. The monoisotopic (exact) mass is 494 g/mol. The molecule has 0 bridgehead atoms. The predicted octanol–water partition coefficient (Wildman–Crippen LogP) is 3.25. The quantitative estimate of drug-likeness (QED) is 0.665. The van der Waals surface area contributed by atoms with E-state index in [4.69, 9.17) is 9.47 Å². The number of sulfonamides is 1. The van der Waals surface area contributed by atoms with E-state index in [2.05, 4.69) is 20.7 Å². The number of ether oxygens (including phenoxy) is 2. The van der Waals surface area contributed by atoms with Crippen LogP contribution in [0.1, 0.15) is 30.9 Å². The van der Waals surface area contributed by atoms with Crippen LogP contribution in [0.25, 0.3) is 0 Å². The summed E-state index contributed by atoms with van der Waals surface area (Å²) in [5.74, 6) is 1.37. The van der Waals surface area contributed by atoms with Crippen molar-refractivity contribution < 1.29 is 22.7 Å². The third-order valence-corrected chi connectivity index (χ3v) is 7.28. The van der Waals surface area contributed by atoms with E-state index in [9.17, 15) is 13.2 Å². The zero-order valence-electron chi connectivity index (χ0n) is 16.3. The number of likely N-dealkylation sites (tertiary alicyclic amines) is 1. The van der Waals surface area contributed by atoms with Gasteiger partial charge >= 0.3 is 0 Å². The lowest BCUT2D eigenvalue weighted by Gasteiger charge is -2.27. The number of halogens is 1. The number of carbonyl (C=O) groups is 1. The van der Waals surface area contributed by atoms with Gasteiger partial charge < -0.3 is 14.4 Å². The molecule has 0 aliphatic carbocycles. The SMILES string of the molecule is O=C(CCNS(=O)(=O)c1ccc(Br)cc1)N1CCCC1c1ccc2c(c1)OCCO2. The summed E-state index contributed by atoms with van der Waals surface area (Å²) in [5.41, 5.74) is 1.01. The normalized spacial score (nSPS) is 18.4. The van der Waals surface area contributed by atoms with Crippen molar-refractivity contribution in [1.29, 1.82) is 0 Å². The van der Waals surface area contributed by atoms with E-state index in [1.54, 1.807) is 12.1 Å². The minimum atomic E-state index is -3.64. The highest BCUT2D eigenvalue weighted by Gasteiger charge is 2.30. The van der Waals surface area contributed by atoms with E-state index in [-0.39, 0.29) is 29.8 Å². The largest absolute Gasteiger partial charge is 0.486 e. The van der Waals surface area contributed by atoms with E-state index in [0.29, 0.717) is 25.5 Å². The fourth-order valence-electron chi connectivity index (χ4n) is 3.81. The lowest BCUT2D eigenvalue weighted by Crippen LogP contribution is -2.34.